The van der Waals surface area contributed by atoms with Crippen molar-refractivity contribution in [1.82, 2.24) is 19.9 Å². The standard InChI is InChI=1S/C17H15ClN4O/c1-10-6-12(23-3)7-11(2)16(10)13-8-15(18)22-17(21-13)14-9-19-4-5-20-14/h4-9H,1-3H3. The van der Waals surface area contributed by atoms with Crippen molar-refractivity contribution in [3.63, 3.8) is 0 Å². The van der Waals surface area contributed by atoms with Gasteiger partial charge in [-0.2, -0.15) is 0 Å². The number of hydrogen-bond donors (Lipinski definition) is 0. The highest BCUT2D eigenvalue weighted by molar-refractivity contribution is 6.29. The van der Waals surface area contributed by atoms with Crippen LogP contribution < -0.4 is 4.74 Å². The normalized spacial score (nSPS) is 10.6. The molecule has 3 aromatic rings. The number of aryl methyl sites for hydroxylation is 2. The minimum absolute atomic E-state index is 0.366. The van der Waals surface area contributed by atoms with Gasteiger partial charge in [0.25, 0.3) is 0 Å². The Labute approximate surface area is 139 Å². The fraction of sp³-hybridized carbons (Fsp3) is 0.176. The van der Waals surface area contributed by atoms with Crippen molar-refractivity contribution in [3.05, 3.63) is 53.1 Å². The Kier molecular flexibility index (Phi) is 4.21. The zero-order chi connectivity index (χ0) is 16.4. The summed E-state index contributed by atoms with van der Waals surface area (Å²) in [5, 5.41) is 0.366. The third kappa shape index (κ3) is 3.14. The van der Waals surface area contributed by atoms with Gasteiger partial charge in [-0.05, 0) is 37.1 Å². The van der Waals surface area contributed by atoms with Crippen molar-refractivity contribution in [2.75, 3.05) is 7.11 Å². The van der Waals surface area contributed by atoms with Crippen molar-refractivity contribution < 1.29 is 4.74 Å². The van der Waals surface area contributed by atoms with Crippen LogP contribution >= 0.6 is 11.6 Å². The van der Waals surface area contributed by atoms with E-state index in [0.717, 1.165) is 28.1 Å². The Morgan fingerprint density at radius 2 is 1.70 bits per heavy atom. The molecule has 0 saturated heterocycles. The van der Waals surface area contributed by atoms with Gasteiger partial charge in [0.05, 0.1) is 19.0 Å². The fourth-order valence-corrected chi connectivity index (χ4v) is 2.70. The number of benzene rings is 1. The van der Waals surface area contributed by atoms with Crippen LogP contribution in [-0.2, 0) is 0 Å². The molecule has 23 heavy (non-hydrogen) atoms. The van der Waals surface area contributed by atoms with Crippen LogP contribution in [0.3, 0.4) is 0 Å². The molecule has 3 rings (SSSR count). The highest BCUT2D eigenvalue weighted by Crippen LogP contribution is 2.31. The second-order valence-corrected chi connectivity index (χ2v) is 5.51. The van der Waals surface area contributed by atoms with Crippen LogP contribution in [0.15, 0.2) is 36.8 Å². The van der Waals surface area contributed by atoms with Gasteiger partial charge in [-0.15, -0.1) is 0 Å². The molecule has 2 aromatic heterocycles. The van der Waals surface area contributed by atoms with Gasteiger partial charge in [0, 0.05) is 24.0 Å². The van der Waals surface area contributed by atoms with Gasteiger partial charge < -0.3 is 4.74 Å². The van der Waals surface area contributed by atoms with E-state index < -0.39 is 0 Å². The lowest BCUT2D eigenvalue weighted by molar-refractivity contribution is 0.414. The lowest BCUT2D eigenvalue weighted by atomic mass is 9.99. The molecule has 0 aliphatic heterocycles. The molecule has 5 nitrogen and oxygen atoms in total. The van der Waals surface area contributed by atoms with E-state index in [-0.39, 0.29) is 0 Å². The van der Waals surface area contributed by atoms with Gasteiger partial charge in [0.15, 0.2) is 5.82 Å². The Morgan fingerprint density at radius 3 is 2.30 bits per heavy atom. The zero-order valence-electron chi connectivity index (χ0n) is 13.0. The first-order valence-corrected chi connectivity index (χ1v) is 7.43. The lowest BCUT2D eigenvalue weighted by Crippen LogP contribution is -1.98. The van der Waals surface area contributed by atoms with E-state index in [1.807, 2.05) is 26.0 Å². The summed E-state index contributed by atoms with van der Waals surface area (Å²) in [5.41, 5.74) is 4.46. The first kappa shape index (κ1) is 15.4. The molecule has 0 spiro atoms. The Bertz CT molecular complexity index is 829. The van der Waals surface area contributed by atoms with Crippen molar-refractivity contribution in [3.8, 4) is 28.5 Å². The molecule has 0 aliphatic rings. The number of methoxy groups -OCH3 is 1. The summed E-state index contributed by atoms with van der Waals surface area (Å²) in [6.07, 6.45) is 4.82. The topological polar surface area (TPSA) is 60.8 Å². The number of nitrogens with zero attached hydrogens (tertiary/aromatic N) is 4. The van der Waals surface area contributed by atoms with E-state index in [1.54, 1.807) is 31.8 Å². The summed E-state index contributed by atoms with van der Waals surface area (Å²) in [7, 11) is 1.65. The quantitative estimate of drug-likeness (QED) is 0.683. The molecular formula is C17H15ClN4O. The van der Waals surface area contributed by atoms with Crippen molar-refractivity contribution in [2.45, 2.75) is 13.8 Å². The zero-order valence-corrected chi connectivity index (χ0v) is 13.8. The van der Waals surface area contributed by atoms with E-state index in [4.69, 9.17) is 16.3 Å². The van der Waals surface area contributed by atoms with E-state index >= 15 is 0 Å². The average molecular weight is 327 g/mol. The molecule has 0 fully saturated rings. The molecule has 0 unspecified atom stereocenters. The van der Waals surface area contributed by atoms with E-state index in [9.17, 15) is 0 Å². The van der Waals surface area contributed by atoms with Crippen molar-refractivity contribution in [1.29, 1.82) is 0 Å². The second-order valence-electron chi connectivity index (χ2n) is 5.13. The first-order valence-electron chi connectivity index (χ1n) is 7.05. The van der Waals surface area contributed by atoms with Gasteiger partial charge in [-0.25, -0.2) is 15.0 Å². The van der Waals surface area contributed by atoms with E-state index in [2.05, 4.69) is 19.9 Å². The molecule has 0 saturated carbocycles. The molecule has 0 amide bonds. The van der Waals surface area contributed by atoms with Crippen LogP contribution in [0.1, 0.15) is 11.1 Å². The molecule has 1 aromatic carbocycles. The SMILES string of the molecule is COc1cc(C)c(-c2cc(Cl)nc(-c3cnccn3)n2)c(C)c1. The van der Waals surface area contributed by atoms with Crippen LogP contribution in [0.2, 0.25) is 5.15 Å². The highest BCUT2D eigenvalue weighted by atomic mass is 35.5. The summed E-state index contributed by atoms with van der Waals surface area (Å²) < 4.78 is 5.31. The van der Waals surface area contributed by atoms with Gasteiger partial charge in [-0.3, -0.25) is 4.98 Å². The number of halogens is 1. The van der Waals surface area contributed by atoms with Crippen LogP contribution in [0, 0.1) is 13.8 Å². The Hall–Kier alpha value is -2.53. The van der Waals surface area contributed by atoms with Crippen LogP contribution in [0.4, 0.5) is 0 Å². The maximum Gasteiger partial charge on any atom is 0.181 e. The number of aromatic nitrogens is 4. The van der Waals surface area contributed by atoms with Crippen LogP contribution in [0.5, 0.6) is 5.75 Å². The van der Waals surface area contributed by atoms with Gasteiger partial charge in [0.1, 0.15) is 16.6 Å². The highest BCUT2D eigenvalue weighted by Gasteiger charge is 2.13. The Morgan fingerprint density at radius 1 is 0.957 bits per heavy atom. The molecule has 0 atom stereocenters. The van der Waals surface area contributed by atoms with Crippen LogP contribution in [0.25, 0.3) is 22.8 Å². The smallest absolute Gasteiger partial charge is 0.181 e. The monoisotopic (exact) mass is 326 g/mol. The lowest BCUT2D eigenvalue weighted by Gasteiger charge is -2.12. The summed E-state index contributed by atoms with van der Waals surface area (Å²) in [6.45, 7) is 4.03. The number of ether oxygens (including phenoxy) is 1. The van der Waals surface area contributed by atoms with Gasteiger partial charge in [0.2, 0.25) is 0 Å². The number of rotatable bonds is 3. The fourth-order valence-electron chi connectivity index (χ4n) is 2.52. The molecule has 6 heteroatoms. The Balaban J connectivity index is 2.17. The molecule has 0 radical (unpaired) electrons. The summed E-state index contributed by atoms with van der Waals surface area (Å²) in [6, 6.07) is 5.70. The van der Waals surface area contributed by atoms with Gasteiger partial charge >= 0.3 is 0 Å². The predicted molar refractivity (Wildman–Crippen MR) is 89.5 cm³/mol. The predicted octanol–water partition coefficient (Wildman–Crippen LogP) is 3.88. The maximum atomic E-state index is 6.19. The summed E-state index contributed by atoms with van der Waals surface area (Å²) >= 11 is 6.19. The average Bonchev–Trinajstić information content (AvgIpc) is 2.54. The van der Waals surface area contributed by atoms with Gasteiger partial charge in [-0.1, -0.05) is 11.6 Å². The molecule has 116 valence electrons. The van der Waals surface area contributed by atoms with Crippen molar-refractivity contribution >= 4 is 11.6 Å². The third-order valence-corrected chi connectivity index (χ3v) is 3.68. The molecule has 0 bridgehead atoms. The molecule has 2 heterocycles. The van der Waals surface area contributed by atoms with Crippen LogP contribution in [-0.4, -0.2) is 27.0 Å². The largest absolute Gasteiger partial charge is 0.497 e. The van der Waals surface area contributed by atoms with E-state index in [1.165, 1.54) is 0 Å². The minimum Gasteiger partial charge on any atom is -0.497 e. The first-order chi connectivity index (χ1) is 11.1. The van der Waals surface area contributed by atoms with Crippen molar-refractivity contribution in [2.24, 2.45) is 0 Å². The van der Waals surface area contributed by atoms with E-state index in [0.29, 0.717) is 16.7 Å². The number of hydrogen-bond acceptors (Lipinski definition) is 5. The molecule has 0 aliphatic carbocycles. The molecule has 0 N–H and O–H groups in total. The summed E-state index contributed by atoms with van der Waals surface area (Å²) in [4.78, 5) is 17.1. The third-order valence-electron chi connectivity index (χ3n) is 3.49. The minimum atomic E-state index is 0.366. The molecular weight excluding hydrogens is 312 g/mol. The summed E-state index contributed by atoms with van der Waals surface area (Å²) in [5.74, 6) is 1.27. The second kappa shape index (κ2) is 6.30. The maximum absolute atomic E-state index is 6.19.